The monoisotopic (exact) mass is 199 g/mol. The Morgan fingerprint density at radius 3 is 2.86 bits per heavy atom. The molecule has 0 saturated carbocycles. The van der Waals surface area contributed by atoms with Crippen molar-refractivity contribution in [3.63, 3.8) is 0 Å². The summed E-state index contributed by atoms with van der Waals surface area (Å²) in [6.45, 7) is 1.46. The molecule has 0 bridgehead atoms. The fourth-order valence-electron chi connectivity index (χ4n) is 1.21. The Bertz CT molecular complexity index is 406. The quantitative estimate of drug-likeness (QED) is 0.690. The molecule has 1 aliphatic rings. The molecule has 0 radical (unpaired) electrons. The minimum atomic E-state index is -1.07. The predicted molar refractivity (Wildman–Crippen MR) is 45.1 cm³/mol. The maximum Gasteiger partial charge on any atom is 0.265 e. The van der Waals surface area contributed by atoms with E-state index in [9.17, 15) is 13.6 Å². The van der Waals surface area contributed by atoms with Crippen molar-refractivity contribution >= 4 is 11.6 Å². The van der Waals surface area contributed by atoms with Gasteiger partial charge in [0.25, 0.3) is 5.91 Å². The molecule has 1 N–H and O–H groups in total. The van der Waals surface area contributed by atoms with Gasteiger partial charge in [0.05, 0.1) is 5.69 Å². The number of carbonyl (C=O) groups is 1. The molecule has 0 saturated heterocycles. The molecule has 1 aromatic carbocycles. The van der Waals surface area contributed by atoms with E-state index in [0.717, 1.165) is 6.07 Å². The molecule has 1 unspecified atom stereocenters. The molecule has 1 amide bonds. The van der Waals surface area contributed by atoms with Crippen molar-refractivity contribution in [2.75, 3.05) is 5.32 Å². The largest absolute Gasteiger partial charge is 0.475 e. The van der Waals surface area contributed by atoms with E-state index in [-0.39, 0.29) is 17.3 Å². The molecule has 0 fully saturated rings. The van der Waals surface area contributed by atoms with E-state index < -0.39 is 17.7 Å². The van der Waals surface area contributed by atoms with Gasteiger partial charge in [0.2, 0.25) is 5.82 Å². The summed E-state index contributed by atoms with van der Waals surface area (Å²) in [7, 11) is 0. The number of carbonyl (C=O) groups excluding carboxylic acids is 1. The fourth-order valence-corrected chi connectivity index (χ4v) is 1.21. The minimum absolute atomic E-state index is 0.159. The van der Waals surface area contributed by atoms with Crippen LogP contribution in [-0.4, -0.2) is 12.0 Å². The predicted octanol–water partition coefficient (Wildman–Crippen LogP) is 1.68. The number of hydrogen-bond acceptors (Lipinski definition) is 2. The molecule has 74 valence electrons. The molecule has 0 aromatic heterocycles. The zero-order chi connectivity index (χ0) is 10.3. The van der Waals surface area contributed by atoms with Crippen molar-refractivity contribution in [2.24, 2.45) is 0 Å². The van der Waals surface area contributed by atoms with E-state index in [1.165, 1.54) is 13.0 Å². The maximum absolute atomic E-state index is 13.1. The Hall–Kier alpha value is -1.65. The van der Waals surface area contributed by atoms with Crippen LogP contribution in [0.3, 0.4) is 0 Å². The van der Waals surface area contributed by atoms with E-state index >= 15 is 0 Å². The molecular weight excluding hydrogens is 192 g/mol. The van der Waals surface area contributed by atoms with Gasteiger partial charge in [0, 0.05) is 0 Å². The van der Waals surface area contributed by atoms with Crippen molar-refractivity contribution in [3.05, 3.63) is 23.8 Å². The van der Waals surface area contributed by atoms with Gasteiger partial charge in [-0.2, -0.15) is 4.39 Å². The number of amides is 1. The summed E-state index contributed by atoms with van der Waals surface area (Å²) in [5, 5.41) is 2.41. The summed E-state index contributed by atoms with van der Waals surface area (Å²) < 4.78 is 30.8. The fraction of sp³-hybridized carbons (Fsp3) is 0.222. The van der Waals surface area contributed by atoms with Gasteiger partial charge < -0.3 is 10.1 Å². The highest BCUT2D eigenvalue weighted by molar-refractivity contribution is 5.97. The second kappa shape index (κ2) is 2.94. The van der Waals surface area contributed by atoms with Gasteiger partial charge in [-0.05, 0) is 19.1 Å². The Kier molecular flexibility index (Phi) is 1.87. The van der Waals surface area contributed by atoms with Crippen LogP contribution in [0.2, 0.25) is 0 Å². The Morgan fingerprint density at radius 1 is 1.43 bits per heavy atom. The van der Waals surface area contributed by atoms with Crippen LogP contribution in [0.5, 0.6) is 5.75 Å². The van der Waals surface area contributed by atoms with Gasteiger partial charge >= 0.3 is 0 Å². The van der Waals surface area contributed by atoms with Crippen LogP contribution in [0.1, 0.15) is 6.92 Å². The van der Waals surface area contributed by atoms with Crippen LogP contribution < -0.4 is 10.1 Å². The molecule has 1 heterocycles. The van der Waals surface area contributed by atoms with E-state index in [1.807, 2.05) is 0 Å². The first-order valence-corrected chi connectivity index (χ1v) is 4.05. The van der Waals surface area contributed by atoms with Crippen molar-refractivity contribution in [1.82, 2.24) is 0 Å². The number of hydrogen-bond donors (Lipinski definition) is 1. The average molecular weight is 199 g/mol. The summed E-state index contributed by atoms with van der Waals surface area (Å²) in [6.07, 6.45) is -0.807. The van der Waals surface area contributed by atoms with Crippen molar-refractivity contribution in [1.29, 1.82) is 0 Å². The second-order valence-corrected chi connectivity index (χ2v) is 2.99. The third kappa shape index (κ3) is 1.21. The number of nitrogens with one attached hydrogen (secondary N) is 1. The van der Waals surface area contributed by atoms with Crippen molar-refractivity contribution < 1.29 is 18.3 Å². The lowest BCUT2D eigenvalue weighted by atomic mass is 10.2. The number of rotatable bonds is 0. The lowest BCUT2D eigenvalue weighted by Gasteiger charge is -2.23. The highest BCUT2D eigenvalue weighted by Crippen LogP contribution is 2.33. The van der Waals surface area contributed by atoms with Gasteiger partial charge in [0.15, 0.2) is 17.7 Å². The van der Waals surface area contributed by atoms with Crippen molar-refractivity contribution in [2.45, 2.75) is 13.0 Å². The number of halogens is 2. The molecular formula is C9H7F2NO2. The van der Waals surface area contributed by atoms with Gasteiger partial charge in [-0.1, -0.05) is 0 Å². The van der Waals surface area contributed by atoms with Crippen LogP contribution in [0.4, 0.5) is 14.5 Å². The number of fused-ring (bicyclic) bond motifs is 1. The van der Waals surface area contributed by atoms with Crippen LogP contribution in [0.15, 0.2) is 12.1 Å². The van der Waals surface area contributed by atoms with Crippen LogP contribution in [0.25, 0.3) is 0 Å². The molecule has 1 atom stereocenters. The first-order valence-electron chi connectivity index (χ1n) is 4.05. The smallest absolute Gasteiger partial charge is 0.265 e. The summed E-state index contributed by atoms with van der Waals surface area (Å²) in [6, 6.07) is 2.20. The molecule has 0 aliphatic carbocycles. The lowest BCUT2D eigenvalue weighted by molar-refractivity contribution is -0.122. The zero-order valence-electron chi connectivity index (χ0n) is 7.30. The zero-order valence-corrected chi connectivity index (χ0v) is 7.30. The summed E-state index contributed by atoms with van der Waals surface area (Å²) in [5.41, 5.74) is 0.159. The second-order valence-electron chi connectivity index (χ2n) is 2.99. The third-order valence-electron chi connectivity index (χ3n) is 1.97. The Balaban J connectivity index is 2.52. The van der Waals surface area contributed by atoms with Gasteiger partial charge in [-0.25, -0.2) is 4.39 Å². The normalized spacial score (nSPS) is 19.6. The van der Waals surface area contributed by atoms with E-state index in [2.05, 4.69) is 5.32 Å². The first kappa shape index (κ1) is 8.93. The summed E-state index contributed by atoms with van der Waals surface area (Å²) in [5.74, 6) is -2.68. The van der Waals surface area contributed by atoms with E-state index in [1.54, 1.807) is 0 Å². The SMILES string of the molecule is CC1Oc2c(ccc(F)c2F)NC1=O. The van der Waals surface area contributed by atoms with Crippen molar-refractivity contribution in [3.8, 4) is 5.75 Å². The van der Waals surface area contributed by atoms with Crippen LogP contribution >= 0.6 is 0 Å². The van der Waals surface area contributed by atoms with E-state index in [0.29, 0.717) is 0 Å². The minimum Gasteiger partial charge on any atom is -0.475 e. The number of ether oxygens (including phenoxy) is 1. The molecule has 14 heavy (non-hydrogen) atoms. The van der Waals surface area contributed by atoms with E-state index in [4.69, 9.17) is 4.74 Å². The van der Waals surface area contributed by atoms with Crippen LogP contribution in [0, 0.1) is 11.6 Å². The maximum atomic E-state index is 13.1. The third-order valence-corrected chi connectivity index (χ3v) is 1.97. The Labute approximate surface area is 78.7 Å². The highest BCUT2D eigenvalue weighted by Gasteiger charge is 2.27. The molecule has 1 aromatic rings. The summed E-state index contributed by atoms with van der Waals surface area (Å²) in [4.78, 5) is 11.1. The molecule has 0 spiro atoms. The van der Waals surface area contributed by atoms with Gasteiger partial charge in [-0.3, -0.25) is 4.79 Å². The first-order chi connectivity index (χ1) is 6.59. The average Bonchev–Trinajstić information content (AvgIpc) is 2.15. The summed E-state index contributed by atoms with van der Waals surface area (Å²) >= 11 is 0. The van der Waals surface area contributed by atoms with Gasteiger partial charge in [0.1, 0.15) is 0 Å². The standard InChI is InChI=1S/C9H7F2NO2/c1-4-9(13)12-6-3-2-5(10)7(11)8(6)14-4/h2-4H,1H3,(H,12,13). The number of benzene rings is 1. The molecule has 2 rings (SSSR count). The molecule has 3 nitrogen and oxygen atoms in total. The lowest BCUT2D eigenvalue weighted by Crippen LogP contribution is -2.34. The molecule has 1 aliphatic heterocycles. The number of anilines is 1. The topological polar surface area (TPSA) is 38.3 Å². The Morgan fingerprint density at radius 2 is 2.14 bits per heavy atom. The highest BCUT2D eigenvalue weighted by atomic mass is 19.2. The molecule has 5 heteroatoms. The van der Waals surface area contributed by atoms with Crippen LogP contribution in [-0.2, 0) is 4.79 Å². The van der Waals surface area contributed by atoms with Gasteiger partial charge in [-0.15, -0.1) is 0 Å².